The van der Waals surface area contributed by atoms with Crippen LogP contribution in [-0.4, -0.2) is 154 Å². The predicted octanol–water partition coefficient (Wildman–Crippen LogP) is 15.6. The summed E-state index contributed by atoms with van der Waals surface area (Å²) >= 11 is 0. The molecule has 1 aromatic carbocycles. The van der Waals surface area contributed by atoms with Gasteiger partial charge in [0.15, 0.2) is 0 Å². The van der Waals surface area contributed by atoms with E-state index < -0.39 is 0 Å². The van der Waals surface area contributed by atoms with E-state index in [-0.39, 0.29) is 7.43 Å². The molecule has 18 heterocycles. The van der Waals surface area contributed by atoms with E-state index in [1.807, 2.05) is 0 Å². The number of fused-ring (bicyclic) bond motifs is 22. The van der Waals surface area contributed by atoms with Crippen LogP contribution in [0.4, 0.5) is 0 Å². The fourth-order valence-electron chi connectivity index (χ4n) is 21.7. The summed E-state index contributed by atoms with van der Waals surface area (Å²) in [6.45, 7) is 12.6. The first-order valence-corrected chi connectivity index (χ1v) is 41.2. The molecule has 0 amide bonds. The molecular weight excluding hydrogens is 1140 g/mol. The molecule has 5 aliphatic carbocycles. The van der Waals surface area contributed by atoms with Gasteiger partial charge in [-0.25, -0.2) is 0 Å². The molecule has 528 valence electrons. The molecule has 22 bridgehead atoms. The minimum absolute atomic E-state index is 0. The molecule has 22 atom stereocenters. The van der Waals surface area contributed by atoms with Gasteiger partial charge in [0.25, 0.3) is 0 Å². The summed E-state index contributed by atoms with van der Waals surface area (Å²) in [5.41, 5.74) is 3.16. The van der Waals surface area contributed by atoms with Gasteiger partial charge in [-0.15, -0.1) is 0 Å². The Morgan fingerprint density at radius 1 is 0.333 bits per heavy atom. The van der Waals surface area contributed by atoms with Crippen molar-refractivity contribution in [2.45, 2.75) is 374 Å². The van der Waals surface area contributed by atoms with Crippen LogP contribution >= 0.6 is 0 Å². The number of ether oxygens (including phenoxy) is 2. The molecule has 11 heteroatoms. The predicted molar refractivity (Wildman–Crippen MR) is 389 cm³/mol. The van der Waals surface area contributed by atoms with Crippen molar-refractivity contribution in [3.05, 3.63) is 47.5 Å². The first-order valence-electron chi connectivity index (χ1n) is 41.2. The van der Waals surface area contributed by atoms with E-state index >= 15 is 0 Å². The molecule has 20 fully saturated rings. The second kappa shape index (κ2) is 37.8. The average molecular weight is 1290 g/mol. The van der Waals surface area contributed by atoms with Gasteiger partial charge in [-0.3, -0.25) is 4.90 Å². The number of nitrogens with one attached hydrogen (secondary N) is 7. The van der Waals surface area contributed by atoms with Gasteiger partial charge < -0.3 is 51.6 Å². The fourth-order valence-corrected chi connectivity index (χ4v) is 21.7. The Bertz CT molecular complexity index is 1770. The first-order chi connectivity index (χ1) is 45.4. The summed E-state index contributed by atoms with van der Waals surface area (Å²) < 4.78 is 11.0. The highest BCUT2D eigenvalue weighted by atomic mass is 16.5. The van der Waals surface area contributed by atoms with Crippen molar-refractivity contribution < 1.29 is 9.47 Å². The van der Waals surface area contributed by atoms with E-state index in [2.05, 4.69) is 83.4 Å². The normalized spacial score (nSPS) is 42.6. The molecule has 0 spiro atoms. The van der Waals surface area contributed by atoms with E-state index in [1.165, 1.54) is 296 Å². The highest BCUT2D eigenvalue weighted by Gasteiger charge is 2.35. The van der Waals surface area contributed by atoms with Crippen LogP contribution in [0.2, 0.25) is 0 Å². The minimum atomic E-state index is 0. The average Bonchev–Trinajstić information content (AvgIpc) is 1.83. The number of nitrogens with zero attached hydrogens (tertiary/aromatic N) is 2. The maximum absolute atomic E-state index is 5.60. The van der Waals surface area contributed by atoms with Crippen LogP contribution < -0.4 is 37.2 Å². The van der Waals surface area contributed by atoms with Crippen LogP contribution in [0.25, 0.3) is 0 Å². The number of hydrogen-bond acceptors (Lipinski definition) is 11. The summed E-state index contributed by atoms with van der Waals surface area (Å²) in [6, 6.07) is 18.3. The van der Waals surface area contributed by atoms with Crippen molar-refractivity contribution >= 4 is 0 Å². The molecule has 24 rings (SSSR count). The molecule has 23 aliphatic rings. The summed E-state index contributed by atoms with van der Waals surface area (Å²) in [5.74, 6) is 6.35. The van der Waals surface area contributed by atoms with Crippen molar-refractivity contribution in [3.8, 4) is 0 Å². The molecule has 0 aromatic heterocycles. The van der Waals surface area contributed by atoms with Crippen LogP contribution in [0.3, 0.4) is 0 Å². The highest BCUT2D eigenvalue weighted by Crippen LogP contribution is 2.43. The summed E-state index contributed by atoms with van der Waals surface area (Å²) in [6.07, 6.45) is 68.7. The third kappa shape index (κ3) is 22.5. The maximum Gasteiger partial charge on any atom is 0.0714 e. The van der Waals surface area contributed by atoms with Crippen LogP contribution in [0.5, 0.6) is 0 Å². The Morgan fingerprint density at radius 2 is 0.849 bits per heavy atom. The molecule has 7 N–H and O–H groups in total. The Balaban J connectivity index is 0.0000000985. The Hall–Kier alpha value is -1.48. The zero-order valence-electron chi connectivity index (χ0n) is 58.7. The van der Waals surface area contributed by atoms with Gasteiger partial charge >= 0.3 is 0 Å². The molecule has 16 saturated heterocycles. The van der Waals surface area contributed by atoms with Crippen molar-refractivity contribution in [2.24, 2.45) is 29.6 Å². The van der Waals surface area contributed by atoms with Crippen molar-refractivity contribution in [2.75, 3.05) is 65.5 Å². The zero-order valence-corrected chi connectivity index (χ0v) is 58.7. The lowest BCUT2D eigenvalue weighted by Crippen LogP contribution is -2.38. The second-order valence-corrected chi connectivity index (χ2v) is 34.1. The molecule has 1 aromatic rings. The van der Waals surface area contributed by atoms with Crippen LogP contribution in [0.1, 0.15) is 307 Å². The Kier molecular flexibility index (Phi) is 29.0. The lowest BCUT2D eigenvalue weighted by Gasteiger charge is -2.39. The van der Waals surface area contributed by atoms with Crippen molar-refractivity contribution in [3.63, 3.8) is 0 Å². The lowest BCUT2D eigenvalue weighted by molar-refractivity contribution is 0.00574. The monoisotopic (exact) mass is 1290 g/mol. The number of benzene rings is 1. The molecule has 22 unspecified atom stereocenters. The van der Waals surface area contributed by atoms with E-state index in [4.69, 9.17) is 9.47 Å². The topological polar surface area (TPSA) is 109 Å². The van der Waals surface area contributed by atoms with Gasteiger partial charge in [0.05, 0.1) is 24.9 Å². The van der Waals surface area contributed by atoms with Crippen LogP contribution in [0.15, 0.2) is 36.4 Å². The first kappa shape index (κ1) is 71.3. The van der Waals surface area contributed by atoms with Crippen LogP contribution in [-0.2, 0) is 9.47 Å². The van der Waals surface area contributed by atoms with Gasteiger partial charge in [-0.2, -0.15) is 0 Å². The molecule has 11 nitrogen and oxygen atoms in total. The summed E-state index contributed by atoms with van der Waals surface area (Å²) in [7, 11) is 0. The molecule has 18 aliphatic heterocycles. The number of rotatable bonds is 0. The Morgan fingerprint density at radius 3 is 1.37 bits per heavy atom. The van der Waals surface area contributed by atoms with Gasteiger partial charge in [-0.1, -0.05) is 102 Å². The standard InChI is InChI=1S/C11H13N.C8H14.6C7H13N.C7H11N.C7H12O.C6H11NO.CH4/c1-2-4-10-9(3-1)8-5-6-11(10)12-7-8;1-2-7-4-5-8(3-1)6-7;1-2-7-5-6(1)3-4-8-7;1-2-7-3-5-8(4-1)6-7;1-2-6-4-7(3-1)8-5-6;5*1-2-6-4-5-7(3-1)8-6;1-2-7-3-4-8-6(1)5-7;/h1-4,8,11-12H,5-7H2;7-8H,1-6H2;6-8H,1-5H2;7H,1-6H2;4*6-8H,1-5H2;4-8H,1-3H2;6-7H,1-5H2;6H,1-5H2;1H4. The largest absolute Gasteiger partial charge is 0.376 e. The van der Waals surface area contributed by atoms with Gasteiger partial charge in [0.2, 0.25) is 0 Å². The van der Waals surface area contributed by atoms with E-state index in [9.17, 15) is 0 Å². The van der Waals surface area contributed by atoms with Crippen molar-refractivity contribution in [1.29, 1.82) is 0 Å². The van der Waals surface area contributed by atoms with Crippen LogP contribution in [0, 0.1) is 29.6 Å². The third-order valence-corrected chi connectivity index (χ3v) is 27.2. The number of morpholine rings is 1. The number of piperidine rings is 7. The van der Waals surface area contributed by atoms with Gasteiger partial charge in [0.1, 0.15) is 0 Å². The number of hydrogen-bond donors (Lipinski definition) is 7. The second-order valence-electron chi connectivity index (χ2n) is 34.1. The van der Waals surface area contributed by atoms with Crippen molar-refractivity contribution in [1.82, 2.24) is 47.0 Å². The van der Waals surface area contributed by atoms with Gasteiger partial charge in [-0.05, 0) is 291 Å². The van der Waals surface area contributed by atoms with E-state index in [1.54, 1.807) is 43.2 Å². The quantitative estimate of drug-likeness (QED) is 0.126. The molecular formula is C82H143N9O2. The smallest absolute Gasteiger partial charge is 0.0714 e. The Labute approximate surface area is 570 Å². The lowest BCUT2D eigenvalue weighted by atomic mass is 9.76. The van der Waals surface area contributed by atoms with E-state index in [0.717, 1.165) is 109 Å². The maximum atomic E-state index is 5.60. The fraction of sp³-hybridized carbons (Fsp3) is 0.902. The molecule has 4 saturated carbocycles. The molecule has 0 radical (unpaired) electrons. The zero-order chi connectivity index (χ0) is 61.9. The molecule has 93 heavy (non-hydrogen) atoms. The summed E-state index contributed by atoms with van der Waals surface area (Å²) in [4.78, 5) is 5.06. The van der Waals surface area contributed by atoms with E-state index in [0.29, 0.717) is 24.4 Å². The highest BCUT2D eigenvalue weighted by molar-refractivity contribution is 5.37. The summed E-state index contributed by atoms with van der Waals surface area (Å²) in [5, 5.41) is 24.9. The minimum Gasteiger partial charge on any atom is -0.376 e. The third-order valence-electron chi connectivity index (χ3n) is 27.2. The SMILES string of the molecule is C.C1=CC2CCCC1N2.C1CC2CCC(C1)C2.C1CC2CCC(C1)N2.C1CC2CCC(C1)N2.C1CC2CCC(C1)N2.C1CC2CCC(C1)O2.C1CC2CCC(C2)N1.C1CC2CCN(C1)C2.C1CC2CNC(C1)C2.C1CN2CCC(C2)O1.c1ccc2c(c1)C1CCC2NC1. The van der Waals surface area contributed by atoms with Gasteiger partial charge in [0, 0.05) is 99.2 Å².